The van der Waals surface area contributed by atoms with Crippen molar-refractivity contribution in [3.05, 3.63) is 57.4 Å². The number of carbonyl (C=O) groups excluding carboxylic acids is 1. The van der Waals surface area contributed by atoms with E-state index in [0.29, 0.717) is 6.54 Å². The lowest BCUT2D eigenvalue weighted by atomic mass is 10.1. The van der Waals surface area contributed by atoms with Crippen molar-refractivity contribution in [1.29, 1.82) is 0 Å². The van der Waals surface area contributed by atoms with E-state index in [1.807, 2.05) is 30.3 Å². The number of nitrogens with two attached hydrogens (primary N) is 1. The Morgan fingerprint density at radius 1 is 1.30 bits per heavy atom. The molecule has 1 unspecified atom stereocenters. The predicted molar refractivity (Wildman–Crippen MR) is 84.5 cm³/mol. The van der Waals surface area contributed by atoms with Gasteiger partial charge in [0.1, 0.15) is 6.04 Å². The molecule has 1 aromatic heterocycles. The minimum atomic E-state index is -0.451. The topological polar surface area (TPSA) is 71.2 Å². The summed E-state index contributed by atoms with van der Waals surface area (Å²) in [4.78, 5) is 16.1. The van der Waals surface area contributed by atoms with E-state index in [4.69, 9.17) is 5.84 Å². The Bertz CT molecular complexity index is 647. The van der Waals surface area contributed by atoms with Crippen LogP contribution >= 0.6 is 22.6 Å². The molecule has 102 valence electrons. The molecule has 0 bridgehead atoms. The molecule has 0 spiro atoms. The Morgan fingerprint density at radius 2 is 2.05 bits per heavy atom. The first-order valence-corrected chi connectivity index (χ1v) is 7.23. The summed E-state index contributed by atoms with van der Waals surface area (Å²) in [6, 6.07) is 9.20. The second kappa shape index (κ2) is 5.47. The van der Waals surface area contributed by atoms with E-state index in [1.54, 1.807) is 17.4 Å². The van der Waals surface area contributed by atoms with Crippen LogP contribution in [-0.4, -0.2) is 15.9 Å². The summed E-state index contributed by atoms with van der Waals surface area (Å²) in [6.45, 7) is 0.492. The first-order valence-electron chi connectivity index (χ1n) is 6.16. The van der Waals surface area contributed by atoms with Gasteiger partial charge in [0, 0.05) is 33.8 Å². The molecule has 1 aromatic carbocycles. The lowest BCUT2D eigenvalue weighted by Gasteiger charge is -2.22. The first-order chi connectivity index (χ1) is 9.65. The van der Waals surface area contributed by atoms with Gasteiger partial charge < -0.3 is 5.32 Å². The van der Waals surface area contributed by atoms with E-state index in [0.717, 1.165) is 20.4 Å². The van der Waals surface area contributed by atoms with Crippen LogP contribution in [0.25, 0.3) is 0 Å². The fourth-order valence-corrected chi connectivity index (χ4v) is 2.85. The van der Waals surface area contributed by atoms with Gasteiger partial charge in [-0.25, -0.2) is 5.01 Å². The number of fused-ring (bicyclic) bond motifs is 1. The summed E-state index contributed by atoms with van der Waals surface area (Å²) < 4.78 is 1.08. The molecule has 2 aromatic rings. The maximum Gasteiger partial charge on any atom is 0.247 e. The molecule has 20 heavy (non-hydrogen) atoms. The predicted octanol–water partition coefficient (Wildman–Crippen LogP) is 2.06. The molecule has 5 nitrogen and oxygen atoms in total. The number of aromatic nitrogens is 1. The van der Waals surface area contributed by atoms with Crippen molar-refractivity contribution in [3.63, 3.8) is 0 Å². The molecule has 0 aliphatic carbocycles. The minimum Gasteiger partial charge on any atom is -0.324 e. The van der Waals surface area contributed by atoms with E-state index in [1.165, 1.54) is 0 Å². The van der Waals surface area contributed by atoms with Crippen LogP contribution in [0.5, 0.6) is 0 Å². The van der Waals surface area contributed by atoms with Crippen LogP contribution in [0.2, 0.25) is 0 Å². The number of hydrogen-bond donors (Lipinski definition) is 2. The highest BCUT2D eigenvalue weighted by atomic mass is 127. The zero-order valence-electron chi connectivity index (χ0n) is 10.6. The lowest BCUT2D eigenvalue weighted by molar-refractivity contribution is -0.121. The number of amides is 1. The van der Waals surface area contributed by atoms with E-state index in [-0.39, 0.29) is 5.91 Å². The van der Waals surface area contributed by atoms with Gasteiger partial charge in [-0.1, -0.05) is 0 Å². The number of carbonyl (C=O) groups is 1. The smallest absolute Gasteiger partial charge is 0.247 e. The molecule has 1 amide bonds. The third-order valence-corrected chi connectivity index (χ3v) is 3.93. The number of benzene rings is 1. The monoisotopic (exact) mass is 380 g/mol. The second-order valence-corrected chi connectivity index (χ2v) is 5.90. The molecule has 3 rings (SSSR count). The Hall–Kier alpha value is -1.51. The third-order valence-electron chi connectivity index (χ3n) is 3.26. The molecule has 2 heterocycles. The maximum atomic E-state index is 12.1. The average Bonchev–Trinajstić information content (AvgIpc) is 2.75. The fourth-order valence-electron chi connectivity index (χ4n) is 2.34. The fraction of sp³-hybridized carbons (Fsp3) is 0.143. The van der Waals surface area contributed by atoms with Gasteiger partial charge in [0.05, 0.1) is 0 Å². The average molecular weight is 380 g/mol. The van der Waals surface area contributed by atoms with Gasteiger partial charge in [0.25, 0.3) is 0 Å². The van der Waals surface area contributed by atoms with Crippen LogP contribution in [0.1, 0.15) is 17.2 Å². The highest BCUT2D eigenvalue weighted by Crippen LogP contribution is 2.35. The molecule has 1 aliphatic heterocycles. The van der Waals surface area contributed by atoms with Gasteiger partial charge in [-0.3, -0.25) is 15.6 Å². The van der Waals surface area contributed by atoms with Crippen molar-refractivity contribution in [1.82, 2.24) is 9.99 Å². The van der Waals surface area contributed by atoms with E-state index < -0.39 is 6.04 Å². The number of rotatable bonds is 3. The van der Waals surface area contributed by atoms with Crippen LogP contribution < -0.4 is 11.2 Å². The van der Waals surface area contributed by atoms with Gasteiger partial charge in [0.15, 0.2) is 0 Å². The Labute approximate surface area is 130 Å². The number of pyridine rings is 1. The van der Waals surface area contributed by atoms with Gasteiger partial charge >= 0.3 is 0 Å². The van der Waals surface area contributed by atoms with Crippen molar-refractivity contribution in [2.45, 2.75) is 12.6 Å². The third kappa shape index (κ3) is 2.54. The first kappa shape index (κ1) is 13.5. The highest BCUT2D eigenvalue weighted by Gasteiger charge is 2.34. The zero-order chi connectivity index (χ0) is 14.1. The number of hydrazine groups is 1. The van der Waals surface area contributed by atoms with Gasteiger partial charge in [0.2, 0.25) is 5.91 Å². The van der Waals surface area contributed by atoms with Crippen molar-refractivity contribution in [2.24, 2.45) is 5.84 Å². The zero-order valence-corrected chi connectivity index (χ0v) is 12.7. The molecule has 0 saturated heterocycles. The number of anilines is 1. The molecule has 1 aliphatic rings. The van der Waals surface area contributed by atoms with Crippen LogP contribution in [0.3, 0.4) is 0 Å². The summed E-state index contributed by atoms with van der Waals surface area (Å²) in [6.07, 6.45) is 3.43. The van der Waals surface area contributed by atoms with Gasteiger partial charge in [-0.2, -0.15) is 0 Å². The summed E-state index contributed by atoms with van der Waals surface area (Å²) in [5, 5.41) is 4.43. The highest BCUT2D eigenvalue weighted by molar-refractivity contribution is 14.1. The van der Waals surface area contributed by atoms with Crippen molar-refractivity contribution in [3.8, 4) is 0 Å². The second-order valence-electron chi connectivity index (χ2n) is 4.65. The maximum absolute atomic E-state index is 12.1. The van der Waals surface area contributed by atoms with Gasteiger partial charge in [-0.05, 0) is 58.5 Å². The summed E-state index contributed by atoms with van der Waals surface area (Å²) >= 11 is 2.23. The van der Waals surface area contributed by atoms with Crippen molar-refractivity contribution in [2.75, 3.05) is 5.32 Å². The molecule has 3 N–H and O–H groups in total. The van der Waals surface area contributed by atoms with Crippen molar-refractivity contribution < 1.29 is 4.79 Å². The molecule has 0 fully saturated rings. The van der Waals surface area contributed by atoms with Crippen molar-refractivity contribution >= 4 is 34.2 Å². The Morgan fingerprint density at radius 3 is 2.80 bits per heavy atom. The molecule has 1 atom stereocenters. The Balaban J connectivity index is 1.87. The number of halogens is 1. The number of nitrogens with zero attached hydrogens (tertiary/aromatic N) is 2. The Kier molecular flexibility index (Phi) is 3.68. The number of hydrogen-bond acceptors (Lipinski definition) is 4. The molecular weight excluding hydrogens is 367 g/mol. The number of nitrogens with one attached hydrogen (secondary N) is 1. The van der Waals surface area contributed by atoms with Crippen LogP contribution in [0, 0.1) is 3.57 Å². The summed E-state index contributed by atoms with van der Waals surface area (Å²) in [5.74, 6) is 6.03. The standard InChI is InChI=1S/C14H13IN4O/c15-10-1-2-12-11(7-10)13(14(20)18-12)19(16)8-9-3-5-17-6-4-9/h1-7,13H,8,16H2,(H,18,20). The lowest BCUT2D eigenvalue weighted by Crippen LogP contribution is -2.38. The quantitative estimate of drug-likeness (QED) is 0.486. The molecule has 0 saturated carbocycles. The summed E-state index contributed by atoms with van der Waals surface area (Å²) in [5.41, 5.74) is 2.79. The largest absolute Gasteiger partial charge is 0.324 e. The van der Waals surface area contributed by atoms with E-state index in [2.05, 4.69) is 32.9 Å². The van der Waals surface area contributed by atoms with Gasteiger partial charge in [-0.15, -0.1) is 0 Å². The van der Waals surface area contributed by atoms with Crippen LogP contribution in [0.4, 0.5) is 5.69 Å². The SMILES string of the molecule is NN(Cc1ccncc1)C1C(=O)Nc2ccc(I)cc21. The molecule has 0 radical (unpaired) electrons. The van der Waals surface area contributed by atoms with E-state index >= 15 is 0 Å². The normalized spacial score (nSPS) is 17.1. The van der Waals surface area contributed by atoms with Crippen LogP contribution in [0.15, 0.2) is 42.7 Å². The minimum absolute atomic E-state index is 0.0847. The van der Waals surface area contributed by atoms with E-state index in [9.17, 15) is 4.79 Å². The molecule has 6 heteroatoms. The molecular formula is C14H13IN4O. The van der Waals surface area contributed by atoms with Crippen LogP contribution in [-0.2, 0) is 11.3 Å². The summed E-state index contributed by atoms with van der Waals surface area (Å²) in [7, 11) is 0.